The minimum Gasteiger partial charge on any atom is -0.393 e. The van der Waals surface area contributed by atoms with Crippen molar-refractivity contribution in [1.29, 1.82) is 0 Å². The number of alkyl halides is 1. The Morgan fingerprint density at radius 1 is 1.53 bits per heavy atom. The lowest BCUT2D eigenvalue weighted by Crippen LogP contribution is -2.38. The molecule has 0 saturated carbocycles. The number of nitrogens with zero attached hydrogens (tertiary/aromatic N) is 1. The molecule has 0 aromatic rings. The van der Waals surface area contributed by atoms with Crippen LogP contribution in [0.2, 0.25) is 0 Å². The van der Waals surface area contributed by atoms with Crippen LogP contribution in [-0.4, -0.2) is 42.2 Å². The SMILES string of the molecule is CC1(C)CC(O)CCN(S(=O)(=O)CCl)C1. The minimum atomic E-state index is -3.35. The molecule has 0 spiro atoms. The maximum Gasteiger partial charge on any atom is 0.228 e. The summed E-state index contributed by atoms with van der Waals surface area (Å²) in [6, 6.07) is 0. The van der Waals surface area contributed by atoms with Crippen LogP contribution >= 0.6 is 11.6 Å². The molecule has 0 aromatic carbocycles. The van der Waals surface area contributed by atoms with E-state index < -0.39 is 16.1 Å². The summed E-state index contributed by atoms with van der Waals surface area (Å²) in [6.45, 7) is 4.70. The number of halogens is 1. The maximum atomic E-state index is 11.6. The van der Waals surface area contributed by atoms with Gasteiger partial charge in [0.05, 0.1) is 6.10 Å². The number of aliphatic hydroxyl groups excluding tert-OH is 1. The highest BCUT2D eigenvalue weighted by Gasteiger charge is 2.33. The van der Waals surface area contributed by atoms with E-state index in [1.54, 1.807) is 0 Å². The lowest BCUT2D eigenvalue weighted by atomic mass is 9.87. The third-order valence-electron chi connectivity index (χ3n) is 2.64. The average Bonchev–Trinajstić information content (AvgIpc) is 2.23. The van der Waals surface area contributed by atoms with Gasteiger partial charge in [0.25, 0.3) is 0 Å². The Balaban J connectivity index is 2.85. The smallest absolute Gasteiger partial charge is 0.228 e. The van der Waals surface area contributed by atoms with Crippen molar-refractivity contribution in [1.82, 2.24) is 4.31 Å². The summed E-state index contributed by atoms with van der Waals surface area (Å²) >= 11 is 5.42. The maximum absolute atomic E-state index is 11.6. The molecular formula is C9H18ClNO3S. The fourth-order valence-electron chi connectivity index (χ4n) is 1.96. The molecule has 0 radical (unpaired) electrons. The molecule has 1 heterocycles. The lowest BCUT2D eigenvalue weighted by Gasteiger charge is -2.28. The number of hydrogen-bond donors (Lipinski definition) is 1. The Morgan fingerprint density at radius 3 is 2.67 bits per heavy atom. The Morgan fingerprint density at radius 2 is 2.13 bits per heavy atom. The molecule has 1 aliphatic heterocycles. The van der Waals surface area contributed by atoms with E-state index in [4.69, 9.17) is 11.6 Å². The van der Waals surface area contributed by atoms with Gasteiger partial charge < -0.3 is 5.11 Å². The monoisotopic (exact) mass is 255 g/mol. The van der Waals surface area contributed by atoms with Gasteiger partial charge in [-0.1, -0.05) is 13.8 Å². The van der Waals surface area contributed by atoms with E-state index in [0.29, 0.717) is 25.9 Å². The van der Waals surface area contributed by atoms with Crippen LogP contribution in [0.4, 0.5) is 0 Å². The zero-order valence-corrected chi connectivity index (χ0v) is 10.7. The Kier molecular flexibility index (Phi) is 4.03. The zero-order chi connectivity index (χ0) is 11.7. The van der Waals surface area contributed by atoms with Crippen molar-refractivity contribution in [2.75, 3.05) is 18.3 Å². The number of sulfonamides is 1. The molecule has 1 fully saturated rings. The predicted octanol–water partition coefficient (Wildman–Crippen LogP) is 0.995. The summed E-state index contributed by atoms with van der Waals surface area (Å²) in [5, 5.41) is 9.24. The van der Waals surface area contributed by atoms with E-state index in [9.17, 15) is 13.5 Å². The first-order chi connectivity index (χ1) is 6.77. The van der Waals surface area contributed by atoms with Crippen LogP contribution in [0.1, 0.15) is 26.7 Å². The fourth-order valence-corrected chi connectivity index (χ4v) is 3.44. The molecule has 1 N–H and O–H groups in total. The van der Waals surface area contributed by atoms with Crippen LogP contribution in [0.3, 0.4) is 0 Å². The summed E-state index contributed by atoms with van der Waals surface area (Å²) in [5.41, 5.74) is -0.199. The van der Waals surface area contributed by atoms with E-state index in [-0.39, 0.29) is 10.6 Å². The summed E-state index contributed by atoms with van der Waals surface area (Å²) in [7, 11) is -3.35. The van der Waals surface area contributed by atoms with Gasteiger partial charge in [0.2, 0.25) is 10.0 Å². The highest BCUT2D eigenvalue weighted by atomic mass is 35.5. The fraction of sp³-hybridized carbons (Fsp3) is 1.00. The van der Waals surface area contributed by atoms with E-state index in [0.717, 1.165) is 0 Å². The minimum absolute atomic E-state index is 0.199. The van der Waals surface area contributed by atoms with Gasteiger partial charge in [0.1, 0.15) is 5.21 Å². The third kappa shape index (κ3) is 3.59. The van der Waals surface area contributed by atoms with Crippen LogP contribution < -0.4 is 0 Å². The first kappa shape index (κ1) is 13.2. The molecule has 4 nitrogen and oxygen atoms in total. The molecule has 1 atom stereocenters. The first-order valence-electron chi connectivity index (χ1n) is 4.99. The predicted molar refractivity (Wildman–Crippen MR) is 60.2 cm³/mol. The van der Waals surface area contributed by atoms with Gasteiger partial charge in [-0.25, -0.2) is 12.7 Å². The van der Waals surface area contributed by atoms with Crippen molar-refractivity contribution in [2.45, 2.75) is 32.8 Å². The Bertz CT molecular complexity index is 315. The quantitative estimate of drug-likeness (QED) is 0.749. The van der Waals surface area contributed by atoms with Crippen LogP contribution in [0.15, 0.2) is 0 Å². The molecule has 0 aromatic heterocycles. The van der Waals surface area contributed by atoms with Crippen molar-refractivity contribution in [3.05, 3.63) is 0 Å². The third-order valence-corrected chi connectivity index (χ3v) is 4.84. The van der Waals surface area contributed by atoms with Crippen LogP contribution in [0.25, 0.3) is 0 Å². The summed E-state index contributed by atoms with van der Waals surface area (Å²) in [4.78, 5) is 0. The molecule has 0 aliphatic carbocycles. The van der Waals surface area contributed by atoms with Crippen molar-refractivity contribution >= 4 is 21.6 Å². The molecule has 6 heteroatoms. The second-order valence-corrected chi connectivity index (χ2v) is 7.42. The van der Waals surface area contributed by atoms with Crippen molar-refractivity contribution in [3.8, 4) is 0 Å². The summed E-state index contributed by atoms with van der Waals surface area (Å²) in [5.74, 6) is 0. The normalized spacial score (nSPS) is 28.7. The van der Waals surface area contributed by atoms with Crippen molar-refractivity contribution in [2.24, 2.45) is 5.41 Å². The topological polar surface area (TPSA) is 57.6 Å². The van der Waals surface area contributed by atoms with Gasteiger partial charge in [-0.2, -0.15) is 0 Å². The zero-order valence-electron chi connectivity index (χ0n) is 9.11. The molecule has 1 rings (SSSR count). The van der Waals surface area contributed by atoms with Crippen LogP contribution in [0, 0.1) is 5.41 Å². The molecule has 0 bridgehead atoms. The van der Waals surface area contributed by atoms with Crippen LogP contribution in [0.5, 0.6) is 0 Å². The van der Waals surface area contributed by atoms with E-state index in [1.807, 2.05) is 13.8 Å². The van der Waals surface area contributed by atoms with Crippen LogP contribution in [-0.2, 0) is 10.0 Å². The Hall–Kier alpha value is 0.160. The van der Waals surface area contributed by atoms with E-state index in [2.05, 4.69) is 0 Å². The van der Waals surface area contributed by atoms with E-state index >= 15 is 0 Å². The summed E-state index contributed by atoms with van der Waals surface area (Å²) < 4.78 is 24.6. The van der Waals surface area contributed by atoms with Gasteiger partial charge in [-0.3, -0.25) is 0 Å². The highest BCUT2D eigenvalue weighted by molar-refractivity contribution is 7.90. The second kappa shape index (κ2) is 4.57. The van der Waals surface area contributed by atoms with E-state index in [1.165, 1.54) is 4.31 Å². The molecule has 0 amide bonds. The summed E-state index contributed by atoms with van der Waals surface area (Å²) in [6.07, 6.45) is 0.691. The second-order valence-electron chi connectivity index (χ2n) is 4.87. The van der Waals surface area contributed by atoms with Gasteiger partial charge in [0.15, 0.2) is 0 Å². The molecule has 15 heavy (non-hydrogen) atoms. The standard InChI is InChI=1S/C9H18ClNO3S/c1-9(2)5-8(12)3-4-11(6-9)15(13,14)7-10/h8,12H,3-7H2,1-2H3. The lowest BCUT2D eigenvalue weighted by molar-refractivity contribution is 0.122. The molecule has 1 unspecified atom stereocenters. The average molecular weight is 256 g/mol. The molecule has 1 saturated heterocycles. The van der Waals surface area contributed by atoms with Crippen molar-refractivity contribution < 1.29 is 13.5 Å². The first-order valence-corrected chi connectivity index (χ1v) is 7.13. The van der Waals surface area contributed by atoms with Gasteiger partial charge >= 0.3 is 0 Å². The largest absolute Gasteiger partial charge is 0.393 e. The highest BCUT2D eigenvalue weighted by Crippen LogP contribution is 2.29. The number of aliphatic hydroxyl groups is 1. The Labute approximate surface area is 96.3 Å². The number of hydrogen-bond acceptors (Lipinski definition) is 3. The number of rotatable bonds is 2. The van der Waals surface area contributed by atoms with Gasteiger partial charge in [-0.15, -0.1) is 11.6 Å². The molecule has 90 valence electrons. The molecular weight excluding hydrogens is 238 g/mol. The van der Waals surface area contributed by atoms with Crippen molar-refractivity contribution in [3.63, 3.8) is 0 Å². The molecule has 1 aliphatic rings. The van der Waals surface area contributed by atoms with Gasteiger partial charge in [0, 0.05) is 13.1 Å². The van der Waals surface area contributed by atoms with Gasteiger partial charge in [-0.05, 0) is 18.3 Å².